The lowest BCUT2D eigenvalue weighted by Crippen LogP contribution is -2.56. The first kappa shape index (κ1) is 12.2. The van der Waals surface area contributed by atoms with Gasteiger partial charge in [-0.3, -0.25) is 9.69 Å². The Kier molecular flexibility index (Phi) is 4.10. The maximum atomic E-state index is 11.2. The number of aliphatic hydroxyl groups is 1. The van der Waals surface area contributed by atoms with E-state index in [9.17, 15) is 15.0 Å². The Balaban J connectivity index is 2.06. The highest BCUT2D eigenvalue weighted by Crippen LogP contribution is 2.28. The molecule has 4 nitrogen and oxygen atoms in total. The zero-order valence-electron chi connectivity index (χ0n) is 9.34. The molecule has 1 saturated heterocycles. The summed E-state index contributed by atoms with van der Waals surface area (Å²) in [5.41, 5.74) is 0. The molecule has 5 heteroatoms. The van der Waals surface area contributed by atoms with E-state index in [-0.39, 0.29) is 12.1 Å². The highest BCUT2D eigenvalue weighted by molar-refractivity contribution is 7.99. The van der Waals surface area contributed by atoms with Gasteiger partial charge in [-0.25, -0.2) is 0 Å². The summed E-state index contributed by atoms with van der Waals surface area (Å²) >= 11 is 1.70. The van der Waals surface area contributed by atoms with E-state index in [1.165, 1.54) is 0 Å². The van der Waals surface area contributed by atoms with Crippen LogP contribution in [0.5, 0.6) is 0 Å². The molecule has 0 radical (unpaired) electrons. The summed E-state index contributed by atoms with van der Waals surface area (Å²) in [4.78, 5) is 13.2. The van der Waals surface area contributed by atoms with Gasteiger partial charge >= 0.3 is 5.97 Å². The van der Waals surface area contributed by atoms with Gasteiger partial charge < -0.3 is 10.2 Å². The molecule has 2 fully saturated rings. The number of aliphatic carboxylic acids is 1. The molecule has 1 aliphatic carbocycles. The van der Waals surface area contributed by atoms with Crippen LogP contribution < -0.4 is 0 Å². The molecule has 0 spiro atoms. The predicted octanol–water partition coefficient (Wildman–Crippen LogP) is 0.792. The molecule has 0 aromatic carbocycles. The molecule has 0 aromatic heterocycles. The van der Waals surface area contributed by atoms with Crippen LogP contribution >= 0.6 is 11.8 Å². The van der Waals surface area contributed by atoms with Gasteiger partial charge in [0.25, 0.3) is 0 Å². The second-order valence-electron chi connectivity index (χ2n) is 4.59. The number of nitrogens with zero attached hydrogens (tertiary/aromatic N) is 1. The van der Waals surface area contributed by atoms with E-state index in [0.717, 1.165) is 38.0 Å². The number of carboxylic acid groups (broad SMARTS) is 1. The normalized spacial score (nSPS) is 37.2. The topological polar surface area (TPSA) is 60.8 Å². The Morgan fingerprint density at radius 1 is 1.31 bits per heavy atom. The van der Waals surface area contributed by atoms with Gasteiger partial charge in [-0.15, -0.1) is 0 Å². The van der Waals surface area contributed by atoms with Crippen LogP contribution in [0.2, 0.25) is 0 Å². The van der Waals surface area contributed by atoms with E-state index < -0.39 is 12.0 Å². The maximum absolute atomic E-state index is 11.2. The van der Waals surface area contributed by atoms with Gasteiger partial charge in [0.2, 0.25) is 0 Å². The molecule has 92 valence electrons. The molecule has 0 aromatic rings. The van der Waals surface area contributed by atoms with E-state index in [1.54, 1.807) is 11.8 Å². The van der Waals surface area contributed by atoms with Crippen molar-refractivity contribution in [2.24, 2.45) is 0 Å². The summed E-state index contributed by atoms with van der Waals surface area (Å²) in [6.45, 7) is 0.795. The fourth-order valence-corrected chi connectivity index (χ4v) is 3.77. The van der Waals surface area contributed by atoms with E-state index in [4.69, 9.17) is 0 Å². The minimum absolute atomic E-state index is 0.0655. The van der Waals surface area contributed by atoms with E-state index >= 15 is 0 Å². The van der Waals surface area contributed by atoms with Crippen LogP contribution in [0.15, 0.2) is 0 Å². The molecule has 1 heterocycles. The van der Waals surface area contributed by atoms with Crippen molar-refractivity contribution in [1.29, 1.82) is 0 Å². The number of hydrogen-bond donors (Lipinski definition) is 2. The zero-order chi connectivity index (χ0) is 11.5. The van der Waals surface area contributed by atoms with Crippen molar-refractivity contribution in [2.75, 3.05) is 18.1 Å². The van der Waals surface area contributed by atoms with Crippen molar-refractivity contribution in [1.82, 2.24) is 4.90 Å². The third-order valence-corrected chi connectivity index (χ3v) is 4.60. The lowest BCUT2D eigenvalue weighted by atomic mass is 9.90. The Bertz CT molecular complexity index is 262. The fourth-order valence-electron chi connectivity index (χ4n) is 2.71. The second kappa shape index (κ2) is 5.38. The lowest BCUT2D eigenvalue weighted by Gasteiger charge is -2.42. The summed E-state index contributed by atoms with van der Waals surface area (Å²) in [6, 6.07) is -0.341. The quantitative estimate of drug-likeness (QED) is 0.753. The summed E-state index contributed by atoms with van der Waals surface area (Å²) in [6.07, 6.45) is 3.60. The number of aliphatic hydroxyl groups excluding tert-OH is 1. The highest BCUT2D eigenvalue weighted by Gasteiger charge is 2.37. The smallest absolute Gasteiger partial charge is 0.321 e. The first-order valence-electron chi connectivity index (χ1n) is 5.94. The first-order chi connectivity index (χ1) is 7.70. The Morgan fingerprint density at radius 2 is 2.06 bits per heavy atom. The van der Waals surface area contributed by atoms with Crippen molar-refractivity contribution in [2.45, 2.75) is 43.9 Å². The zero-order valence-corrected chi connectivity index (χ0v) is 10.2. The third-order valence-electron chi connectivity index (χ3n) is 3.57. The lowest BCUT2D eigenvalue weighted by molar-refractivity contribution is -0.144. The molecule has 16 heavy (non-hydrogen) atoms. The van der Waals surface area contributed by atoms with Crippen LogP contribution in [0.3, 0.4) is 0 Å². The monoisotopic (exact) mass is 245 g/mol. The standard InChI is InChI=1S/C11H19NO3S/c13-10-4-2-1-3-8(10)12-5-6-16-7-9(12)11(14)15/h8-10,13H,1-7H2,(H,14,15). The van der Waals surface area contributed by atoms with Crippen LogP contribution in [0.4, 0.5) is 0 Å². The first-order valence-corrected chi connectivity index (χ1v) is 7.10. The molecule has 2 N–H and O–H groups in total. The van der Waals surface area contributed by atoms with Crippen LogP contribution in [0.25, 0.3) is 0 Å². The van der Waals surface area contributed by atoms with Crippen molar-refractivity contribution in [3.8, 4) is 0 Å². The molecular weight excluding hydrogens is 226 g/mol. The molecule has 2 rings (SSSR count). The number of carbonyl (C=O) groups is 1. The van der Waals surface area contributed by atoms with Gasteiger partial charge in [0, 0.05) is 24.1 Å². The van der Waals surface area contributed by atoms with Crippen molar-refractivity contribution in [3.63, 3.8) is 0 Å². The highest BCUT2D eigenvalue weighted by atomic mass is 32.2. The molecular formula is C11H19NO3S. The maximum Gasteiger partial charge on any atom is 0.321 e. The van der Waals surface area contributed by atoms with Crippen LogP contribution in [0, 0.1) is 0 Å². The molecule has 0 bridgehead atoms. The number of thioether (sulfide) groups is 1. The summed E-state index contributed by atoms with van der Waals surface area (Å²) in [7, 11) is 0. The minimum atomic E-state index is -0.745. The average molecular weight is 245 g/mol. The van der Waals surface area contributed by atoms with E-state index in [2.05, 4.69) is 0 Å². The number of rotatable bonds is 2. The molecule has 3 unspecified atom stereocenters. The summed E-state index contributed by atoms with van der Waals surface area (Å²) in [5, 5.41) is 19.2. The van der Waals surface area contributed by atoms with E-state index in [0.29, 0.717) is 5.75 Å². The second-order valence-corrected chi connectivity index (χ2v) is 5.74. The Labute approximate surface area is 100 Å². The molecule has 1 aliphatic heterocycles. The Hall–Kier alpha value is -0.260. The summed E-state index contributed by atoms with van der Waals surface area (Å²) < 4.78 is 0. The number of hydrogen-bond acceptors (Lipinski definition) is 4. The van der Waals surface area contributed by atoms with Gasteiger partial charge in [-0.05, 0) is 12.8 Å². The minimum Gasteiger partial charge on any atom is -0.480 e. The fraction of sp³-hybridized carbons (Fsp3) is 0.909. The number of carboxylic acids is 1. The third kappa shape index (κ3) is 2.52. The van der Waals surface area contributed by atoms with Gasteiger partial charge in [-0.1, -0.05) is 12.8 Å². The SMILES string of the molecule is O=C(O)C1CSCCN1C1CCCCC1O. The Morgan fingerprint density at radius 3 is 2.75 bits per heavy atom. The predicted molar refractivity (Wildman–Crippen MR) is 63.7 cm³/mol. The van der Waals surface area contributed by atoms with Gasteiger partial charge in [0.1, 0.15) is 6.04 Å². The molecule has 0 amide bonds. The van der Waals surface area contributed by atoms with Crippen molar-refractivity contribution >= 4 is 17.7 Å². The van der Waals surface area contributed by atoms with Crippen LogP contribution in [0.1, 0.15) is 25.7 Å². The molecule has 2 aliphatic rings. The molecule has 1 saturated carbocycles. The van der Waals surface area contributed by atoms with Crippen molar-refractivity contribution in [3.05, 3.63) is 0 Å². The van der Waals surface area contributed by atoms with E-state index in [1.807, 2.05) is 4.90 Å². The summed E-state index contributed by atoms with van der Waals surface area (Å²) in [5.74, 6) is 0.885. The van der Waals surface area contributed by atoms with Crippen LogP contribution in [-0.4, -0.2) is 57.3 Å². The largest absolute Gasteiger partial charge is 0.480 e. The van der Waals surface area contributed by atoms with Gasteiger partial charge in [0.05, 0.1) is 6.10 Å². The van der Waals surface area contributed by atoms with Crippen LogP contribution in [-0.2, 0) is 4.79 Å². The average Bonchev–Trinajstić information content (AvgIpc) is 2.29. The molecule has 3 atom stereocenters. The van der Waals surface area contributed by atoms with Gasteiger partial charge in [-0.2, -0.15) is 11.8 Å². The van der Waals surface area contributed by atoms with Gasteiger partial charge in [0.15, 0.2) is 0 Å². The van der Waals surface area contributed by atoms with Crippen molar-refractivity contribution < 1.29 is 15.0 Å².